The first-order valence-corrected chi connectivity index (χ1v) is 10.5. The second kappa shape index (κ2) is 9.66. The van der Waals surface area contributed by atoms with Crippen molar-refractivity contribution in [2.75, 3.05) is 0 Å². The fourth-order valence-electron chi connectivity index (χ4n) is 5.17. The Balaban J connectivity index is 1.84. The molecule has 5 atom stereocenters. The van der Waals surface area contributed by atoms with Crippen molar-refractivity contribution in [3.05, 3.63) is 0 Å². The van der Waals surface area contributed by atoms with Gasteiger partial charge in [-0.2, -0.15) is 0 Å². The predicted octanol–water partition coefficient (Wildman–Crippen LogP) is 3.78. The zero-order chi connectivity index (χ0) is 20.9. The zero-order valence-electron chi connectivity index (χ0n) is 17.6. The molecule has 0 aromatic rings. The maximum absolute atomic E-state index is 12.6. The summed E-state index contributed by atoms with van der Waals surface area (Å²) in [5.74, 6) is -0.0789. The molecule has 0 aromatic heterocycles. The first-order valence-electron chi connectivity index (χ1n) is 10.5. The second-order valence-corrected chi connectivity index (χ2v) is 8.75. The summed E-state index contributed by atoms with van der Waals surface area (Å²) in [5, 5.41) is 0. The van der Waals surface area contributed by atoms with Crippen LogP contribution in [0.15, 0.2) is 0 Å². The van der Waals surface area contributed by atoms with Crippen molar-refractivity contribution >= 4 is 23.5 Å². The Kier molecular flexibility index (Phi) is 7.79. The maximum atomic E-state index is 12.6. The number of ether oxygens (including phenoxy) is 2. The Labute approximate surface area is 167 Å². The molecule has 2 aliphatic carbocycles. The molecule has 0 amide bonds. The minimum atomic E-state index is -0.304. The fourth-order valence-corrected chi connectivity index (χ4v) is 5.17. The summed E-state index contributed by atoms with van der Waals surface area (Å²) in [4.78, 5) is 47.2. The van der Waals surface area contributed by atoms with E-state index in [1.54, 1.807) is 0 Å². The average Bonchev–Trinajstić information content (AvgIpc) is 2.90. The van der Waals surface area contributed by atoms with E-state index < -0.39 is 0 Å². The molecule has 0 N–H and O–H groups in total. The van der Waals surface area contributed by atoms with Crippen molar-refractivity contribution in [3.63, 3.8) is 0 Å². The Morgan fingerprint density at radius 2 is 1.86 bits per heavy atom. The van der Waals surface area contributed by atoms with Crippen LogP contribution in [-0.4, -0.2) is 35.7 Å². The molecule has 0 aromatic carbocycles. The predicted molar refractivity (Wildman–Crippen MR) is 103 cm³/mol. The van der Waals surface area contributed by atoms with E-state index in [2.05, 4.69) is 6.92 Å². The van der Waals surface area contributed by atoms with E-state index in [1.807, 2.05) is 6.92 Å². The first-order chi connectivity index (χ1) is 13.1. The van der Waals surface area contributed by atoms with Gasteiger partial charge in [0.2, 0.25) is 0 Å². The molecule has 0 saturated heterocycles. The molecule has 2 fully saturated rings. The summed E-state index contributed by atoms with van der Waals surface area (Å²) >= 11 is 0. The number of Topliss-reactive ketones (excluding diaryl/α,β-unsaturated/α-hetero) is 2. The summed E-state index contributed by atoms with van der Waals surface area (Å²) in [6.07, 6.45) is 5.42. The molecule has 2 saturated carbocycles. The van der Waals surface area contributed by atoms with Crippen LogP contribution in [0.4, 0.5) is 0 Å². The molecule has 0 bridgehead atoms. The highest BCUT2D eigenvalue weighted by atomic mass is 16.5. The number of carbonyl (C=O) groups excluding carboxylic acids is 4. The van der Waals surface area contributed by atoms with Crippen LogP contribution in [0.25, 0.3) is 0 Å². The van der Waals surface area contributed by atoms with E-state index >= 15 is 0 Å². The van der Waals surface area contributed by atoms with Crippen LogP contribution in [-0.2, 0) is 28.7 Å². The summed E-state index contributed by atoms with van der Waals surface area (Å²) in [7, 11) is 0. The largest absolute Gasteiger partial charge is 0.463 e. The van der Waals surface area contributed by atoms with Crippen molar-refractivity contribution in [1.29, 1.82) is 0 Å². The average molecular weight is 395 g/mol. The van der Waals surface area contributed by atoms with Gasteiger partial charge in [0, 0.05) is 44.4 Å². The molecule has 2 rings (SSSR count). The van der Waals surface area contributed by atoms with Gasteiger partial charge in [-0.3, -0.25) is 19.2 Å². The molecule has 0 spiro atoms. The van der Waals surface area contributed by atoms with Gasteiger partial charge in [0.25, 0.3) is 0 Å². The molecule has 0 heterocycles. The van der Waals surface area contributed by atoms with Gasteiger partial charge < -0.3 is 9.47 Å². The maximum Gasteiger partial charge on any atom is 0.302 e. The number of hydrogen-bond donors (Lipinski definition) is 0. The van der Waals surface area contributed by atoms with Crippen LogP contribution >= 0.6 is 0 Å². The van der Waals surface area contributed by atoms with Crippen LogP contribution in [0, 0.1) is 17.3 Å². The third kappa shape index (κ3) is 5.65. The number of ketones is 2. The van der Waals surface area contributed by atoms with Gasteiger partial charge in [0.15, 0.2) is 0 Å². The number of hydrogen-bond acceptors (Lipinski definition) is 6. The van der Waals surface area contributed by atoms with Crippen LogP contribution < -0.4 is 0 Å². The monoisotopic (exact) mass is 394 g/mol. The Morgan fingerprint density at radius 3 is 2.50 bits per heavy atom. The van der Waals surface area contributed by atoms with Crippen molar-refractivity contribution in [1.82, 2.24) is 0 Å². The minimum Gasteiger partial charge on any atom is -0.463 e. The lowest BCUT2D eigenvalue weighted by Gasteiger charge is -2.43. The minimum absolute atomic E-state index is 0.108. The van der Waals surface area contributed by atoms with E-state index in [-0.39, 0.29) is 53.0 Å². The SMILES string of the molecule is CC(=O)O[C@H](C)CCCC(=O)CCC1C(=O)CC[C@]2(C)[C@@H](OC(C)=O)CC[C@@H]12. The fraction of sp³-hybridized carbons (Fsp3) is 0.818. The lowest BCUT2D eigenvalue weighted by molar-refractivity contribution is -0.155. The molecular weight excluding hydrogens is 360 g/mol. The summed E-state index contributed by atoms with van der Waals surface area (Å²) < 4.78 is 10.6. The van der Waals surface area contributed by atoms with Gasteiger partial charge in [0.05, 0.1) is 6.10 Å². The normalized spacial score (nSPS) is 30.4. The third-order valence-corrected chi connectivity index (χ3v) is 6.61. The lowest BCUT2D eigenvalue weighted by Crippen LogP contribution is -2.44. The topological polar surface area (TPSA) is 86.7 Å². The smallest absolute Gasteiger partial charge is 0.302 e. The molecular formula is C22H34O6. The number of carbonyl (C=O) groups is 4. The Hall–Kier alpha value is -1.72. The second-order valence-electron chi connectivity index (χ2n) is 8.75. The van der Waals surface area contributed by atoms with E-state index in [9.17, 15) is 19.2 Å². The van der Waals surface area contributed by atoms with E-state index in [0.717, 1.165) is 19.3 Å². The van der Waals surface area contributed by atoms with Gasteiger partial charge >= 0.3 is 11.9 Å². The first kappa shape index (κ1) is 22.6. The molecule has 6 heteroatoms. The molecule has 158 valence electrons. The van der Waals surface area contributed by atoms with Crippen molar-refractivity contribution < 1.29 is 28.7 Å². The molecule has 28 heavy (non-hydrogen) atoms. The van der Waals surface area contributed by atoms with Crippen molar-refractivity contribution in [3.8, 4) is 0 Å². The molecule has 0 radical (unpaired) electrons. The standard InChI is InChI=1S/C22H34O6/c1-14(27-15(2)23)6-5-7-17(25)8-9-18-19-10-11-21(28-16(3)24)22(19,4)13-12-20(18)26/h14,18-19,21H,5-13H2,1-4H3/t14-,18?,19+,21+,22+/m1/s1. The third-order valence-electron chi connectivity index (χ3n) is 6.61. The zero-order valence-corrected chi connectivity index (χ0v) is 17.6. The van der Waals surface area contributed by atoms with Crippen LogP contribution in [0.2, 0.25) is 0 Å². The summed E-state index contributed by atoms with van der Waals surface area (Å²) in [6, 6.07) is 0. The van der Waals surface area contributed by atoms with Crippen LogP contribution in [0.3, 0.4) is 0 Å². The summed E-state index contributed by atoms with van der Waals surface area (Å²) in [5.41, 5.74) is -0.160. The number of rotatable bonds is 9. The number of fused-ring (bicyclic) bond motifs is 1. The summed E-state index contributed by atoms with van der Waals surface area (Å²) in [6.45, 7) is 6.78. The Bertz CT molecular complexity index is 612. The molecule has 0 aliphatic heterocycles. The van der Waals surface area contributed by atoms with Crippen LogP contribution in [0.5, 0.6) is 0 Å². The quantitative estimate of drug-likeness (QED) is 0.553. The van der Waals surface area contributed by atoms with Crippen molar-refractivity contribution in [2.24, 2.45) is 17.3 Å². The van der Waals surface area contributed by atoms with E-state index in [0.29, 0.717) is 38.5 Å². The van der Waals surface area contributed by atoms with E-state index in [4.69, 9.17) is 9.47 Å². The van der Waals surface area contributed by atoms with E-state index in [1.165, 1.54) is 13.8 Å². The van der Waals surface area contributed by atoms with Crippen LogP contribution in [0.1, 0.15) is 85.5 Å². The molecule has 1 unspecified atom stereocenters. The van der Waals surface area contributed by atoms with Gasteiger partial charge in [-0.05, 0) is 51.4 Å². The van der Waals surface area contributed by atoms with Gasteiger partial charge in [-0.1, -0.05) is 6.92 Å². The highest BCUT2D eigenvalue weighted by molar-refractivity contribution is 5.84. The van der Waals surface area contributed by atoms with Gasteiger partial charge in [-0.25, -0.2) is 0 Å². The van der Waals surface area contributed by atoms with Gasteiger partial charge in [-0.15, -0.1) is 0 Å². The van der Waals surface area contributed by atoms with Crippen molar-refractivity contribution in [2.45, 2.75) is 97.7 Å². The lowest BCUT2D eigenvalue weighted by atomic mass is 9.62. The Morgan fingerprint density at radius 1 is 1.14 bits per heavy atom. The highest BCUT2D eigenvalue weighted by Gasteiger charge is 2.55. The highest BCUT2D eigenvalue weighted by Crippen LogP contribution is 2.55. The molecule has 6 nitrogen and oxygen atoms in total. The van der Waals surface area contributed by atoms with Gasteiger partial charge in [0.1, 0.15) is 17.7 Å². The number of esters is 2. The molecule has 2 aliphatic rings.